The highest BCUT2D eigenvalue weighted by molar-refractivity contribution is 5.65. The van der Waals surface area contributed by atoms with Gasteiger partial charge in [0.15, 0.2) is 5.65 Å². The van der Waals surface area contributed by atoms with E-state index in [0.29, 0.717) is 5.82 Å². The minimum atomic E-state index is 0.591. The Kier molecular flexibility index (Phi) is 2.08. The van der Waals surface area contributed by atoms with Crippen molar-refractivity contribution in [3.63, 3.8) is 0 Å². The molecule has 84 valence electrons. The second kappa shape index (κ2) is 3.59. The highest BCUT2D eigenvalue weighted by Crippen LogP contribution is 2.20. The van der Waals surface area contributed by atoms with Crippen molar-refractivity contribution in [2.75, 3.05) is 5.73 Å². The van der Waals surface area contributed by atoms with Gasteiger partial charge in [0.05, 0.1) is 5.69 Å². The third-order valence-corrected chi connectivity index (χ3v) is 2.73. The molecule has 4 heteroatoms. The fourth-order valence-electron chi connectivity index (χ4n) is 1.78. The lowest BCUT2D eigenvalue weighted by Crippen LogP contribution is -1.98. The first-order valence-electron chi connectivity index (χ1n) is 5.41. The van der Waals surface area contributed by atoms with Crippen molar-refractivity contribution in [2.24, 2.45) is 0 Å². The topological polar surface area (TPSA) is 56.2 Å². The number of nitrogens with zero attached hydrogens (tertiary/aromatic N) is 3. The Labute approximate surface area is 98.7 Å². The zero-order chi connectivity index (χ0) is 11.8. The lowest BCUT2D eigenvalue weighted by atomic mass is 10.1. The predicted octanol–water partition coefficient (Wildman–Crippen LogP) is 2.29. The summed E-state index contributed by atoms with van der Waals surface area (Å²) in [6, 6.07) is 11.9. The molecule has 0 aliphatic rings. The number of aryl methyl sites for hydroxylation is 1. The maximum atomic E-state index is 5.83. The van der Waals surface area contributed by atoms with Gasteiger partial charge in [-0.3, -0.25) is 0 Å². The molecular weight excluding hydrogens is 212 g/mol. The van der Waals surface area contributed by atoms with Crippen molar-refractivity contribution in [3.05, 3.63) is 48.2 Å². The Bertz CT molecular complexity index is 667. The van der Waals surface area contributed by atoms with Crippen LogP contribution in [0.15, 0.2) is 42.6 Å². The van der Waals surface area contributed by atoms with E-state index in [1.807, 2.05) is 18.2 Å². The summed E-state index contributed by atoms with van der Waals surface area (Å²) >= 11 is 0. The maximum Gasteiger partial charge on any atom is 0.157 e. The fourth-order valence-corrected chi connectivity index (χ4v) is 1.78. The van der Waals surface area contributed by atoms with E-state index in [0.717, 1.165) is 16.9 Å². The molecule has 17 heavy (non-hydrogen) atoms. The minimum absolute atomic E-state index is 0.591. The van der Waals surface area contributed by atoms with E-state index in [2.05, 4.69) is 29.1 Å². The first-order chi connectivity index (χ1) is 8.24. The minimum Gasteiger partial charge on any atom is -0.384 e. The fraction of sp³-hybridized carbons (Fsp3) is 0.0769. The van der Waals surface area contributed by atoms with E-state index < -0.39 is 0 Å². The molecule has 0 saturated heterocycles. The summed E-state index contributed by atoms with van der Waals surface area (Å²) in [5.41, 5.74) is 9.78. The number of rotatable bonds is 1. The molecule has 0 spiro atoms. The van der Waals surface area contributed by atoms with Gasteiger partial charge in [-0.25, -0.2) is 4.98 Å². The molecule has 3 rings (SSSR count). The van der Waals surface area contributed by atoms with Gasteiger partial charge in [0.25, 0.3) is 0 Å². The quantitative estimate of drug-likeness (QED) is 0.690. The van der Waals surface area contributed by atoms with E-state index in [4.69, 9.17) is 5.73 Å². The first kappa shape index (κ1) is 9.84. The van der Waals surface area contributed by atoms with Gasteiger partial charge in [-0.1, -0.05) is 29.8 Å². The zero-order valence-corrected chi connectivity index (χ0v) is 9.46. The number of benzene rings is 1. The summed E-state index contributed by atoms with van der Waals surface area (Å²) in [5.74, 6) is 0.591. The molecule has 0 atom stereocenters. The monoisotopic (exact) mass is 224 g/mol. The number of hydrogen-bond acceptors (Lipinski definition) is 3. The second-order valence-electron chi connectivity index (χ2n) is 4.04. The lowest BCUT2D eigenvalue weighted by molar-refractivity contribution is 0.956. The Morgan fingerprint density at radius 1 is 1.12 bits per heavy atom. The summed E-state index contributed by atoms with van der Waals surface area (Å²) in [7, 11) is 0. The predicted molar refractivity (Wildman–Crippen MR) is 67.6 cm³/mol. The molecule has 0 aliphatic carbocycles. The molecule has 2 heterocycles. The SMILES string of the molecule is Cc1ccc(-c2cc3nccc(N)n3n2)cc1. The van der Waals surface area contributed by atoms with Gasteiger partial charge in [0.1, 0.15) is 5.82 Å². The van der Waals surface area contributed by atoms with Crippen LogP contribution in [0, 0.1) is 6.92 Å². The van der Waals surface area contributed by atoms with Crippen LogP contribution in [0.2, 0.25) is 0 Å². The molecule has 1 aromatic carbocycles. The van der Waals surface area contributed by atoms with E-state index in [1.54, 1.807) is 16.8 Å². The molecule has 0 bridgehead atoms. The third-order valence-electron chi connectivity index (χ3n) is 2.73. The number of nitrogen functional groups attached to an aromatic ring is 1. The Morgan fingerprint density at radius 2 is 1.88 bits per heavy atom. The van der Waals surface area contributed by atoms with Crippen molar-refractivity contribution in [3.8, 4) is 11.3 Å². The summed E-state index contributed by atoms with van der Waals surface area (Å²) in [4.78, 5) is 4.23. The molecule has 0 fully saturated rings. The van der Waals surface area contributed by atoms with Crippen LogP contribution < -0.4 is 5.73 Å². The van der Waals surface area contributed by atoms with Gasteiger partial charge >= 0.3 is 0 Å². The van der Waals surface area contributed by atoms with Gasteiger partial charge in [-0.05, 0) is 13.0 Å². The highest BCUT2D eigenvalue weighted by atomic mass is 15.3. The van der Waals surface area contributed by atoms with E-state index in [-0.39, 0.29) is 0 Å². The Hall–Kier alpha value is -2.36. The summed E-state index contributed by atoms with van der Waals surface area (Å²) in [5, 5.41) is 4.44. The summed E-state index contributed by atoms with van der Waals surface area (Å²) in [6.45, 7) is 2.06. The van der Waals surface area contributed by atoms with Crippen LogP contribution in [-0.2, 0) is 0 Å². The van der Waals surface area contributed by atoms with Crippen molar-refractivity contribution in [2.45, 2.75) is 6.92 Å². The largest absolute Gasteiger partial charge is 0.384 e. The highest BCUT2D eigenvalue weighted by Gasteiger charge is 2.06. The van der Waals surface area contributed by atoms with Crippen molar-refractivity contribution >= 4 is 11.5 Å². The van der Waals surface area contributed by atoms with Crippen LogP contribution in [-0.4, -0.2) is 14.6 Å². The molecule has 2 aromatic heterocycles. The summed E-state index contributed by atoms with van der Waals surface area (Å²) < 4.78 is 1.65. The van der Waals surface area contributed by atoms with Gasteiger partial charge in [0.2, 0.25) is 0 Å². The molecule has 4 nitrogen and oxygen atoms in total. The summed E-state index contributed by atoms with van der Waals surface area (Å²) in [6.07, 6.45) is 1.69. The number of hydrogen-bond donors (Lipinski definition) is 1. The van der Waals surface area contributed by atoms with Crippen LogP contribution in [0.5, 0.6) is 0 Å². The molecule has 0 aliphatic heterocycles. The normalized spacial score (nSPS) is 10.9. The molecular formula is C13H12N4. The number of nitrogens with two attached hydrogens (primary N) is 1. The Morgan fingerprint density at radius 3 is 2.59 bits per heavy atom. The number of fused-ring (bicyclic) bond motifs is 1. The standard InChI is InChI=1S/C13H12N4/c1-9-2-4-10(5-3-9)11-8-13-15-7-6-12(14)17(13)16-11/h2-8H,14H2,1H3. The second-order valence-corrected chi connectivity index (χ2v) is 4.04. The van der Waals surface area contributed by atoms with Crippen LogP contribution in [0.4, 0.5) is 5.82 Å². The average molecular weight is 224 g/mol. The zero-order valence-electron chi connectivity index (χ0n) is 9.46. The van der Waals surface area contributed by atoms with Gasteiger partial charge in [-0.2, -0.15) is 9.61 Å². The van der Waals surface area contributed by atoms with Crippen molar-refractivity contribution < 1.29 is 0 Å². The molecule has 0 radical (unpaired) electrons. The molecule has 3 aromatic rings. The maximum absolute atomic E-state index is 5.83. The van der Waals surface area contributed by atoms with E-state index in [1.165, 1.54) is 5.56 Å². The van der Waals surface area contributed by atoms with E-state index in [9.17, 15) is 0 Å². The number of aromatic nitrogens is 3. The van der Waals surface area contributed by atoms with Crippen LogP contribution in [0.1, 0.15) is 5.56 Å². The van der Waals surface area contributed by atoms with Gasteiger partial charge < -0.3 is 5.73 Å². The van der Waals surface area contributed by atoms with Crippen LogP contribution in [0.25, 0.3) is 16.9 Å². The molecule has 0 saturated carbocycles. The molecule has 0 amide bonds. The third kappa shape index (κ3) is 1.63. The van der Waals surface area contributed by atoms with Crippen LogP contribution >= 0.6 is 0 Å². The average Bonchev–Trinajstić information content (AvgIpc) is 2.75. The van der Waals surface area contributed by atoms with Crippen molar-refractivity contribution in [1.29, 1.82) is 0 Å². The van der Waals surface area contributed by atoms with Gasteiger partial charge in [-0.15, -0.1) is 0 Å². The van der Waals surface area contributed by atoms with Crippen LogP contribution in [0.3, 0.4) is 0 Å². The molecule has 0 unspecified atom stereocenters. The number of anilines is 1. The smallest absolute Gasteiger partial charge is 0.157 e. The van der Waals surface area contributed by atoms with Crippen molar-refractivity contribution in [1.82, 2.24) is 14.6 Å². The lowest BCUT2D eigenvalue weighted by Gasteiger charge is -1.97. The van der Waals surface area contributed by atoms with E-state index >= 15 is 0 Å². The van der Waals surface area contributed by atoms with Gasteiger partial charge in [0, 0.05) is 17.8 Å². The first-order valence-corrected chi connectivity index (χ1v) is 5.41. The molecule has 2 N–H and O–H groups in total. The Balaban J connectivity index is 2.18.